The van der Waals surface area contributed by atoms with Crippen molar-refractivity contribution in [3.63, 3.8) is 0 Å². The van der Waals surface area contributed by atoms with Gasteiger partial charge in [0, 0.05) is 30.4 Å². The highest BCUT2D eigenvalue weighted by molar-refractivity contribution is 7.91. The van der Waals surface area contributed by atoms with Crippen molar-refractivity contribution in [2.24, 2.45) is 0 Å². The fraction of sp³-hybridized carbons (Fsp3) is 0.500. The molecule has 0 bridgehead atoms. The number of nitrogens with zero attached hydrogens (tertiary/aromatic N) is 1. The monoisotopic (exact) mass is 385 g/mol. The van der Waals surface area contributed by atoms with Crippen molar-refractivity contribution < 1.29 is 18.0 Å². The molecule has 0 aliphatic carbocycles. The largest absolute Gasteiger partial charge is 0.351 e. The van der Waals surface area contributed by atoms with Crippen molar-refractivity contribution >= 4 is 33.2 Å². The Hall–Kier alpha value is -1.71. The van der Waals surface area contributed by atoms with Gasteiger partial charge in [0.05, 0.1) is 6.54 Å². The van der Waals surface area contributed by atoms with Gasteiger partial charge in [-0.05, 0) is 38.0 Å². The molecule has 0 spiro atoms. The Morgan fingerprint density at radius 2 is 2.00 bits per heavy atom. The predicted molar refractivity (Wildman–Crippen MR) is 96.6 cm³/mol. The lowest BCUT2D eigenvalue weighted by atomic mass is 9.90. The summed E-state index contributed by atoms with van der Waals surface area (Å²) in [7, 11) is -3.56. The third-order valence-corrected chi connectivity index (χ3v) is 7.63. The van der Waals surface area contributed by atoms with Gasteiger partial charge < -0.3 is 10.6 Å². The summed E-state index contributed by atoms with van der Waals surface area (Å²) in [6.45, 7) is 7.77. The van der Waals surface area contributed by atoms with Crippen LogP contribution in [0.2, 0.25) is 0 Å². The van der Waals surface area contributed by atoms with Crippen molar-refractivity contribution in [1.82, 2.24) is 14.9 Å². The molecule has 2 heterocycles. The number of sulfonamides is 1. The molecule has 0 saturated carbocycles. The normalized spacial score (nSPS) is 17.7. The molecule has 0 radical (unpaired) electrons. The molecule has 2 amide bonds. The summed E-state index contributed by atoms with van der Waals surface area (Å²) >= 11 is 1.16. The molecule has 9 heteroatoms. The van der Waals surface area contributed by atoms with E-state index in [2.05, 4.69) is 17.2 Å². The van der Waals surface area contributed by atoms with Gasteiger partial charge in [-0.3, -0.25) is 9.59 Å². The van der Waals surface area contributed by atoms with E-state index in [1.54, 1.807) is 12.1 Å². The van der Waals surface area contributed by atoms with Crippen LogP contribution in [-0.2, 0) is 26.2 Å². The van der Waals surface area contributed by atoms with E-state index in [0.29, 0.717) is 32.5 Å². The fourth-order valence-corrected chi connectivity index (χ4v) is 5.52. The number of carbonyl (C=O) groups is 2. The minimum absolute atomic E-state index is 0.158. The van der Waals surface area contributed by atoms with Crippen LogP contribution in [-0.4, -0.2) is 43.2 Å². The summed E-state index contributed by atoms with van der Waals surface area (Å²) in [5.74, 6) is -0.408. The average Bonchev–Trinajstić information content (AvgIpc) is 3.02. The Labute approximate surface area is 152 Å². The smallest absolute Gasteiger partial charge is 0.252 e. The van der Waals surface area contributed by atoms with E-state index in [-0.39, 0.29) is 16.0 Å². The zero-order chi connectivity index (χ0) is 18.7. The molecule has 2 rings (SSSR count). The maximum absolute atomic E-state index is 12.8. The summed E-state index contributed by atoms with van der Waals surface area (Å²) in [5.41, 5.74) is -0.427. The van der Waals surface area contributed by atoms with Crippen molar-refractivity contribution in [3.05, 3.63) is 29.7 Å². The molecular formula is C16H23N3O4S2. The third kappa shape index (κ3) is 4.90. The molecule has 25 heavy (non-hydrogen) atoms. The number of hydrogen-bond acceptors (Lipinski definition) is 5. The van der Waals surface area contributed by atoms with Crippen LogP contribution in [0, 0.1) is 0 Å². The number of nitrogens with one attached hydrogen (secondary N) is 2. The van der Waals surface area contributed by atoms with Gasteiger partial charge in [-0.25, -0.2) is 8.42 Å². The molecule has 2 N–H and O–H groups in total. The van der Waals surface area contributed by atoms with E-state index < -0.39 is 15.6 Å². The fourth-order valence-electron chi connectivity index (χ4n) is 2.62. The Morgan fingerprint density at radius 3 is 2.56 bits per heavy atom. The molecule has 1 aliphatic rings. The SMILES string of the molecule is C=CC(=O)NC1(C)CCN(S(=O)(=O)c2ccc(CNC(C)=O)s2)CC1. The molecule has 1 aromatic rings. The second-order valence-electron chi connectivity index (χ2n) is 6.29. The van der Waals surface area contributed by atoms with Gasteiger partial charge in [-0.2, -0.15) is 4.31 Å². The highest BCUT2D eigenvalue weighted by Gasteiger charge is 2.36. The van der Waals surface area contributed by atoms with Crippen molar-refractivity contribution in [2.45, 2.75) is 43.0 Å². The molecule has 1 aromatic heterocycles. The highest BCUT2D eigenvalue weighted by atomic mass is 32.2. The minimum Gasteiger partial charge on any atom is -0.351 e. The maximum Gasteiger partial charge on any atom is 0.252 e. The van der Waals surface area contributed by atoms with Gasteiger partial charge in [0.15, 0.2) is 0 Å². The summed E-state index contributed by atoms with van der Waals surface area (Å²) in [4.78, 5) is 23.3. The Morgan fingerprint density at radius 1 is 1.36 bits per heavy atom. The van der Waals surface area contributed by atoms with Crippen LogP contribution in [0.15, 0.2) is 29.0 Å². The minimum atomic E-state index is -3.56. The number of hydrogen-bond donors (Lipinski definition) is 2. The standard InChI is InChI=1S/C16H23N3O4S2/c1-4-14(21)18-16(3)7-9-19(10-8-16)25(22,23)15-6-5-13(24-15)11-17-12(2)20/h4-6H,1,7-11H2,2-3H3,(H,17,20)(H,18,21). The van der Waals surface area contributed by atoms with Gasteiger partial charge in [-0.15, -0.1) is 11.3 Å². The van der Waals surface area contributed by atoms with E-state index in [1.807, 2.05) is 6.92 Å². The van der Waals surface area contributed by atoms with Crippen molar-refractivity contribution in [1.29, 1.82) is 0 Å². The van der Waals surface area contributed by atoms with Crippen molar-refractivity contribution in [2.75, 3.05) is 13.1 Å². The maximum atomic E-state index is 12.8. The molecule has 1 fully saturated rings. The van der Waals surface area contributed by atoms with Gasteiger partial charge in [0.25, 0.3) is 10.0 Å². The molecule has 138 valence electrons. The van der Waals surface area contributed by atoms with Gasteiger partial charge in [-0.1, -0.05) is 6.58 Å². The van der Waals surface area contributed by atoms with Gasteiger partial charge in [0.2, 0.25) is 11.8 Å². The zero-order valence-corrected chi connectivity index (χ0v) is 16.0. The summed E-state index contributed by atoms with van der Waals surface area (Å²) in [6, 6.07) is 3.29. The number of carbonyl (C=O) groups excluding carboxylic acids is 2. The molecule has 0 aromatic carbocycles. The first kappa shape index (κ1) is 19.6. The Balaban J connectivity index is 2.03. The number of thiophene rings is 1. The summed E-state index contributed by atoms with van der Waals surface area (Å²) in [6.07, 6.45) is 2.29. The van der Waals surface area contributed by atoms with Crippen LogP contribution in [0.3, 0.4) is 0 Å². The summed E-state index contributed by atoms with van der Waals surface area (Å²) < 4.78 is 27.3. The predicted octanol–water partition coefficient (Wildman–Crippen LogP) is 1.23. The third-order valence-electron chi connectivity index (χ3n) is 4.18. The lowest BCUT2D eigenvalue weighted by Crippen LogP contribution is -2.53. The Kier molecular flexibility index (Phi) is 6.02. The second-order valence-corrected chi connectivity index (χ2v) is 9.62. The van der Waals surface area contributed by atoms with E-state index in [9.17, 15) is 18.0 Å². The average molecular weight is 386 g/mol. The molecule has 1 saturated heterocycles. The molecule has 7 nitrogen and oxygen atoms in total. The molecular weight excluding hydrogens is 362 g/mol. The molecule has 0 atom stereocenters. The second kappa shape index (κ2) is 7.67. The molecule has 1 aliphatic heterocycles. The van der Waals surface area contributed by atoms with Gasteiger partial charge >= 0.3 is 0 Å². The zero-order valence-electron chi connectivity index (χ0n) is 14.4. The first-order valence-corrected chi connectivity index (χ1v) is 10.2. The number of piperidine rings is 1. The van der Waals surface area contributed by atoms with Crippen molar-refractivity contribution in [3.8, 4) is 0 Å². The lowest BCUT2D eigenvalue weighted by molar-refractivity contribution is -0.119. The first-order valence-electron chi connectivity index (χ1n) is 7.94. The Bertz CT molecular complexity index is 762. The first-order chi connectivity index (χ1) is 11.7. The van der Waals surface area contributed by atoms with Gasteiger partial charge in [0.1, 0.15) is 4.21 Å². The van der Waals surface area contributed by atoms with Crippen LogP contribution in [0.5, 0.6) is 0 Å². The van der Waals surface area contributed by atoms with E-state index in [1.165, 1.54) is 17.3 Å². The van der Waals surface area contributed by atoms with E-state index in [0.717, 1.165) is 16.2 Å². The topological polar surface area (TPSA) is 95.6 Å². The van der Waals surface area contributed by atoms with Crippen LogP contribution in [0.25, 0.3) is 0 Å². The van der Waals surface area contributed by atoms with Crippen LogP contribution in [0.4, 0.5) is 0 Å². The van der Waals surface area contributed by atoms with E-state index >= 15 is 0 Å². The number of rotatable bonds is 6. The van der Waals surface area contributed by atoms with Crippen LogP contribution < -0.4 is 10.6 Å². The number of amides is 2. The molecule has 0 unspecified atom stereocenters. The summed E-state index contributed by atoms with van der Waals surface area (Å²) in [5, 5.41) is 5.53. The highest BCUT2D eigenvalue weighted by Crippen LogP contribution is 2.30. The van der Waals surface area contributed by atoms with Crippen LogP contribution >= 0.6 is 11.3 Å². The van der Waals surface area contributed by atoms with Crippen LogP contribution in [0.1, 0.15) is 31.6 Å². The lowest BCUT2D eigenvalue weighted by Gasteiger charge is -2.38. The quantitative estimate of drug-likeness (QED) is 0.720. The van der Waals surface area contributed by atoms with E-state index in [4.69, 9.17) is 0 Å².